The lowest BCUT2D eigenvalue weighted by Gasteiger charge is -2.23. The number of ether oxygens (including phenoxy) is 1. The maximum Gasteiger partial charge on any atom is 0.408 e. The van der Waals surface area contributed by atoms with Gasteiger partial charge in [0.25, 0.3) is 0 Å². The number of hydrogen-bond acceptors (Lipinski definition) is 2. The smallest absolute Gasteiger partial charge is 0.408 e. The van der Waals surface area contributed by atoms with Gasteiger partial charge in [0.2, 0.25) is 0 Å². The zero-order chi connectivity index (χ0) is 13.4. The monoisotopic (exact) mass is 359 g/mol. The molecule has 1 amide bonds. The van der Waals surface area contributed by atoms with Gasteiger partial charge in [-0.3, -0.25) is 0 Å². The van der Waals surface area contributed by atoms with Crippen LogP contribution in [0.4, 0.5) is 4.79 Å². The van der Waals surface area contributed by atoms with Crippen molar-refractivity contribution in [1.29, 1.82) is 0 Å². The first-order valence-corrected chi connectivity index (χ1v) is 7.16. The Balaban J connectivity index is 2.07. The van der Waals surface area contributed by atoms with Crippen LogP contribution >= 0.6 is 22.6 Å². The Kier molecular flexibility index (Phi) is 3.58. The molecule has 1 aliphatic rings. The van der Waals surface area contributed by atoms with Gasteiger partial charge in [-0.15, -0.1) is 0 Å². The Hall–Kier alpha value is -0.780. The van der Waals surface area contributed by atoms with E-state index in [0.29, 0.717) is 0 Å². The van der Waals surface area contributed by atoms with Gasteiger partial charge in [0.15, 0.2) is 0 Å². The van der Waals surface area contributed by atoms with Gasteiger partial charge in [0, 0.05) is 3.57 Å². The molecule has 0 bridgehead atoms. The van der Waals surface area contributed by atoms with Crippen molar-refractivity contribution in [2.24, 2.45) is 0 Å². The number of carbonyl (C=O) groups excluding carboxylic acids is 1. The first kappa shape index (κ1) is 13.6. The van der Waals surface area contributed by atoms with Crippen molar-refractivity contribution >= 4 is 28.7 Å². The number of alkyl carbamates (subject to hydrolysis) is 1. The molecule has 0 aliphatic heterocycles. The van der Waals surface area contributed by atoms with Gasteiger partial charge in [-0.25, -0.2) is 4.79 Å². The van der Waals surface area contributed by atoms with Gasteiger partial charge in [-0.1, -0.05) is 12.1 Å². The van der Waals surface area contributed by atoms with Crippen LogP contribution in [-0.4, -0.2) is 11.7 Å². The van der Waals surface area contributed by atoms with Crippen LogP contribution in [-0.2, 0) is 10.3 Å². The molecule has 1 aromatic rings. The Labute approximate surface area is 121 Å². The average molecular weight is 359 g/mol. The minimum Gasteiger partial charge on any atom is -0.444 e. The van der Waals surface area contributed by atoms with E-state index >= 15 is 0 Å². The second-order valence-corrected chi connectivity index (χ2v) is 6.96. The molecule has 0 saturated heterocycles. The van der Waals surface area contributed by atoms with Crippen LogP contribution in [0.3, 0.4) is 0 Å². The minimum atomic E-state index is -0.453. The van der Waals surface area contributed by atoms with Crippen LogP contribution in [0.5, 0.6) is 0 Å². The fourth-order valence-electron chi connectivity index (χ4n) is 1.90. The van der Waals surface area contributed by atoms with Crippen molar-refractivity contribution in [3.8, 4) is 0 Å². The van der Waals surface area contributed by atoms with Crippen molar-refractivity contribution in [2.45, 2.75) is 44.8 Å². The zero-order valence-corrected chi connectivity index (χ0v) is 13.1. The van der Waals surface area contributed by atoms with E-state index in [9.17, 15) is 4.79 Å². The number of halogens is 1. The average Bonchev–Trinajstić information content (AvgIpc) is 2.95. The molecule has 2 rings (SSSR count). The highest BCUT2D eigenvalue weighted by Crippen LogP contribution is 2.45. The summed E-state index contributed by atoms with van der Waals surface area (Å²) in [6, 6.07) is 8.25. The van der Waals surface area contributed by atoms with Crippen molar-refractivity contribution in [1.82, 2.24) is 5.32 Å². The van der Waals surface area contributed by atoms with E-state index in [1.165, 1.54) is 9.13 Å². The third-order valence-electron chi connectivity index (χ3n) is 2.87. The molecule has 4 heteroatoms. The highest BCUT2D eigenvalue weighted by atomic mass is 127. The molecule has 1 N–H and O–H groups in total. The normalized spacial score (nSPS) is 17.1. The minimum absolute atomic E-state index is 0.205. The van der Waals surface area contributed by atoms with E-state index in [2.05, 4.69) is 40.0 Å². The lowest BCUT2D eigenvalue weighted by molar-refractivity contribution is 0.0495. The molecule has 0 spiro atoms. The predicted octanol–water partition coefficient (Wildman–Crippen LogP) is 3.81. The summed E-state index contributed by atoms with van der Waals surface area (Å²) in [7, 11) is 0. The molecular weight excluding hydrogens is 341 g/mol. The van der Waals surface area contributed by atoms with Crippen molar-refractivity contribution in [3.05, 3.63) is 33.4 Å². The molecule has 98 valence electrons. The number of hydrogen-bond donors (Lipinski definition) is 1. The van der Waals surface area contributed by atoms with Crippen LogP contribution in [0.15, 0.2) is 24.3 Å². The largest absolute Gasteiger partial charge is 0.444 e. The molecule has 0 unspecified atom stereocenters. The molecule has 18 heavy (non-hydrogen) atoms. The lowest BCUT2D eigenvalue weighted by Crippen LogP contribution is -2.39. The Morgan fingerprint density at radius 3 is 2.56 bits per heavy atom. The first-order valence-electron chi connectivity index (χ1n) is 6.08. The highest BCUT2D eigenvalue weighted by Gasteiger charge is 2.46. The van der Waals surface area contributed by atoms with Gasteiger partial charge in [0.1, 0.15) is 5.60 Å². The number of amides is 1. The van der Waals surface area contributed by atoms with Crippen LogP contribution < -0.4 is 5.32 Å². The summed E-state index contributed by atoms with van der Waals surface area (Å²) in [4.78, 5) is 11.8. The summed E-state index contributed by atoms with van der Waals surface area (Å²) < 4.78 is 6.50. The molecule has 0 atom stereocenters. The Bertz CT molecular complexity index is 461. The molecule has 1 saturated carbocycles. The number of rotatable bonds is 2. The third kappa shape index (κ3) is 3.37. The Morgan fingerprint density at radius 2 is 2.06 bits per heavy atom. The van der Waals surface area contributed by atoms with Crippen LogP contribution in [0.1, 0.15) is 39.2 Å². The molecule has 0 heterocycles. The maximum atomic E-state index is 11.8. The quantitative estimate of drug-likeness (QED) is 0.816. The maximum absolute atomic E-state index is 11.8. The standard InChI is InChI=1S/C14H18INO2/c1-13(2,3)18-12(17)16-14(7-8-14)10-5-4-6-11(15)9-10/h4-6,9H,7-8H2,1-3H3,(H,16,17). The van der Waals surface area contributed by atoms with Crippen molar-refractivity contribution in [2.75, 3.05) is 0 Å². The van der Waals surface area contributed by atoms with Gasteiger partial charge in [-0.05, 0) is 73.9 Å². The van der Waals surface area contributed by atoms with E-state index in [0.717, 1.165) is 12.8 Å². The SMILES string of the molecule is CC(C)(C)OC(=O)NC1(c2cccc(I)c2)CC1. The molecule has 1 fully saturated rings. The van der Waals surface area contributed by atoms with Crippen molar-refractivity contribution < 1.29 is 9.53 Å². The fraction of sp³-hybridized carbons (Fsp3) is 0.500. The summed E-state index contributed by atoms with van der Waals surface area (Å²) in [5.74, 6) is 0. The molecule has 1 aromatic carbocycles. The van der Waals surface area contributed by atoms with Crippen LogP contribution in [0.2, 0.25) is 0 Å². The summed E-state index contributed by atoms with van der Waals surface area (Å²) >= 11 is 2.29. The highest BCUT2D eigenvalue weighted by molar-refractivity contribution is 14.1. The van der Waals surface area contributed by atoms with E-state index in [4.69, 9.17) is 4.74 Å². The first-order chi connectivity index (χ1) is 8.31. The van der Waals surface area contributed by atoms with E-state index in [1.807, 2.05) is 32.9 Å². The van der Waals surface area contributed by atoms with E-state index in [1.54, 1.807) is 0 Å². The van der Waals surface area contributed by atoms with Gasteiger partial charge < -0.3 is 10.1 Å². The topological polar surface area (TPSA) is 38.3 Å². The van der Waals surface area contributed by atoms with Gasteiger partial charge in [-0.2, -0.15) is 0 Å². The van der Waals surface area contributed by atoms with Crippen LogP contribution in [0.25, 0.3) is 0 Å². The molecule has 0 aromatic heterocycles. The predicted molar refractivity (Wildman–Crippen MR) is 79.4 cm³/mol. The molecule has 0 radical (unpaired) electrons. The summed E-state index contributed by atoms with van der Waals surface area (Å²) in [5, 5.41) is 3.00. The van der Waals surface area contributed by atoms with E-state index < -0.39 is 5.60 Å². The second kappa shape index (κ2) is 4.72. The summed E-state index contributed by atoms with van der Waals surface area (Å²) in [6.07, 6.45) is 1.62. The third-order valence-corrected chi connectivity index (χ3v) is 3.54. The lowest BCUT2D eigenvalue weighted by atomic mass is 10.1. The van der Waals surface area contributed by atoms with Crippen molar-refractivity contribution in [3.63, 3.8) is 0 Å². The summed E-state index contributed by atoms with van der Waals surface area (Å²) in [5.41, 5.74) is 0.509. The number of benzene rings is 1. The van der Waals surface area contributed by atoms with Gasteiger partial charge >= 0.3 is 6.09 Å². The zero-order valence-electron chi connectivity index (χ0n) is 10.9. The second-order valence-electron chi connectivity index (χ2n) is 5.72. The fourth-order valence-corrected chi connectivity index (χ4v) is 2.44. The number of nitrogens with one attached hydrogen (secondary N) is 1. The number of carbonyl (C=O) groups is 1. The Morgan fingerprint density at radius 1 is 1.39 bits per heavy atom. The summed E-state index contributed by atoms with van der Waals surface area (Å²) in [6.45, 7) is 5.62. The van der Waals surface area contributed by atoms with Crippen LogP contribution in [0, 0.1) is 3.57 Å². The molecule has 1 aliphatic carbocycles. The van der Waals surface area contributed by atoms with E-state index in [-0.39, 0.29) is 11.6 Å². The van der Waals surface area contributed by atoms with Gasteiger partial charge in [0.05, 0.1) is 5.54 Å². The molecular formula is C14H18INO2. The molecule has 3 nitrogen and oxygen atoms in total.